The van der Waals surface area contributed by atoms with E-state index in [4.69, 9.17) is 4.84 Å². The Balaban J connectivity index is 1.55. The topological polar surface area (TPSA) is 41.9 Å². The van der Waals surface area contributed by atoms with Crippen molar-refractivity contribution < 1.29 is 18.4 Å². The monoisotopic (exact) mass is 448 g/mol. The molecular formula is C27H26F2N2O2. The number of benzene rings is 3. The molecule has 3 aromatic rings. The molecule has 0 aromatic heterocycles. The van der Waals surface area contributed by atoms with Crippen LogP contribution < -0.4 is 0 Å². The number of hydrogen-bond acceptors (Lipinski definition) is 3. The molecule has 0 spiro atoms. The van der Waals surface area contributed by atoms with Gasteiger partial charge >= 0.3 is 0 Å². The molecular weight excluding hydrogens is 422 g/mol. The van der Waals surface area contributed by atoms with Crippen molar-refractivity contribution in [2.45, 2.75) is 38.3 Å². The minimum atomic E-state index is -0.441. The van der Waals surface area contributed by atoms with Gasteiger partial charge in [-0.25, -0.2) is 8.78 Å². The Morgan fingerprint density at radius 1 is 1.00 bits per heavy atom. The first-order valence-electron chi connectivity index (χ1n) is 11.1. The van der Waals surface area contributed by atoms with Crippen LogP contribution in [0.4, 0.5) is 8.78 Å². The Labute approximate surface area is 192 Å². The summed E-state index contributed by atoms with van der Waals surface area (Å²) in [5.41, 5.74) is 2.25. The van der Waals surface area contributed by atoms with Crippen molar-refractivity contribution in [1.82, 2.24) is 4.90 Å². The highest BCUT2D eigenvalue weighted by Gasteiger charge is 2.31. The summed E-state index contributed by atoms with van der Waals surface area (Å²) in [4.78, 5) is 20.8. The molecule has 0 N–H and O–H groups in total. The highest BCUT2D eigenvalue weighted by molar-refractivity contribution is 6.01. The fourth-order valence-electron chi connectivity index (χ4n) is 4.15. The van der Waals surface area contributed by atoms with Crippen molar-refractivity contribution in [3.8, 4) is 0 Å². The second kappa shape index (κ2) is 10.4. The zero-order valence-electron chi connectivity index (χ0n) is 18.5. The van der Waals surface area contributed by atoms with Gasteiger partial charge in [0.1, 0.15) is 11.6 Å². The van der Waals surface area contributed by atoms with Gasteiger partial charge < -0.3 is 9.74 Å². The molecule has 4 nitrogen and oxygen atoms in total. The van der Waals surface area contributed by atoms with Crippen LogP contribution in [0.15, 0.2) is 84.0 Å². The predicted octanol–water partition coefficient (Wildman–Crippen LogP) is 5.68. The summed E-state index contributed by atoms with van der Waals surface area (Å²) in [6.07, 6.45) is 0.534. The van der Waals surface area contributed by atoms with Crippen molar-refractivity contribution in [1.29, 1.82) is 0 Å². The molecule has 4 rings (SSSR count). The zero-order chi connectivity index (χ0) is 23.2. The Hall–Kier alpha value is -3.54. The lowest BCUT2D eigenvalue weighted by molar-refractivity contribution is -0.135. The molecule has 1 aliphatic rings. The van der Waals surface area contributed by atoms with Crippen LogP contribution >= 0.6 is 0 Å². The number of rotatable bonds is 8. The lowest BCUT2D eigenvalue weighted by atomic mass is 9.94. The molecule has 2 atom stereocenters. The third-order valence-electron chi connectivity index (χ3n) is 5.88. The van der Waals surface area contributed by atoms with E-state index in [1.54, 1.807) is 41.3 Å². The number of carbonyl (C=O) groups excluding carboxylic acids is 1. The number of amides is 1. The summed E-state index contributed by atoms with van der Waals surface area (Å²) in [5, 5.41) is 4.07. The minimum absolute atomic E-state index is 0.102. The van der Waals surface area contributed by atoms with Gasteiger partial charge in [-0.2, -0.15) is 0 Å². The lowest BCUT2D eigenvalue weighted by Gasteiger charge is -2.29. The second-order valence-corrected chi connectivity index (χ2v) is 8.13. The lowest BCUT2D eigenvalue weighted by Crippen LogP contribution is -2.40. The van der Waals surface area contributed by atoms with Crippen LogP contribution in [0.2, 0.25) is 0 Å². The fraction of sp³-hybridized carbons (Fsp3) is 0.259. The Morgan fingerprint density at radius 2 is 1.67 bits per heavy atom. The molecule has 170 valence electrons. The van der Waals surface area contributed by atoms with Crippen LogP contribution in [-0.2, 0) is 16.2 Å². The molecule has 0 fully saturated rings. The van der Waals surface area contributed by atoms with Crippen LogP contribution in [0.25, 0.3) is 0 Å². The molecule has 1 heterocycles. The standard InChI is InChI=1S/C27H26F2N2O2/c1-2-22(19-10-4-3-5-11-19)27(32)31(17-20-12-6-8-14-24(20)28)18-21-16-26(30-33-21)23-13-7-9-15-25(23)29/h3-15,21-22H,2,16-18H2,1H3/t21-,22+/m1/s1. The summed E-state index contributed by atoms with van der Waals surface area (Å²) in [6.45, 7) is 2.30. The summed E-state index contributed by atoms with van der Waals surface area (Å²) in [6, 6.07) is 22.4. The number of nitrogens with zero attached hydrogens (tertiary/aromatic N) is 2. The fourth-order valence-corrected chi connectivity index (χ4v) is 4.15. The number of carbonyl (C=O) groups is 1. The van der Waals surface area contributed by atoms with Crippen LogP contribution in [0, 0.1) is 11.6 Å². The zero-order valence-corrected chi connectivity index (χ0v) is 18.5. The van der Waals surface area contributed by atoms with Gasteiger partial charge in [-0.15, -0.1) is 0 Å². The first-order valence-corrected chi connectivity index (χ1v) is 11.1. The van der Waals surface area contributed by atoms with Crippen molar-refractivity contribution in [3.63, 3.8) is 0 Å². The Morgan fingerprint density at radius 3 is 2.36 bits per heavy atom. The summed E-state index contributed by atoms with van der Waals surface area (Å²) >= 11 is 0. The second-order valence-electron chi connectivity index (χ2n) is 8.13. The average molecular weight is 449 g/mol. The van der Waals surface area contributed by atoms with E-state index in [1.807, 2.05) is 37.3 Å². The minimum Gasteiger partial charge on any atom is -0.390 e. The maximum Gasteiger partial charge on any atom is 0.230 e. The van der Waals surface area contributed by atoms with E-state index in [0.717, 1.165) is 5.56 Å². The molecule has 0 saturated heterocycles. The molecule has 3 aromatic carbocycles. The number of hydrogen-bond donors (Lipinski definition) is 0. The van der Waals surface area contributed by atoms with Crippen molar-refractivity contribution in [3.05, 3.63) is 107 Å². The van der Waals surface area contributed by atoms with Crippen LogP contribution in [0.1, 0.15) is 42.4 Å². The quantitative estimate of drug-likeness (QED) is 0.445. The van der Waals surface area contributed by atoms with Gasteiger partial charge in [-0.1, -0.05) is 78.8 Å². The molecule has 1 aliphatic heterocycles. The SMILES string of the molecule is CC[C@H](C(=O)N(Cc1ccccc1F)C[C@H]1CC(c2ccccc2F)=NO1)c1ccccc1. The van der Waals surface area contributed by atoms with Gasteiger partial charge in [0.15, 0.2) is 6.10 Å². The Bertz CT molecular complexity index is 1130. The first kappa shape index (κ1) is 22.6. The van der Waals surface area contributed by atoms with Gasteiger partial charge in [0.05, 0.1) is 18.2 Å². The number of oxime groups is 1. The molecule has 1 amide bonds. The highest BCUT2D eigenvalue weighted by Crippen LogP contribution is 2.26. The predicted molar refractivity (Wildman–Crippen MR) is 124 cm³/mol. The van der Waals surface area contributed by atoms with E-state index in [1.165, 1.54) is 12.1 Å². The normalized spacial score (nSPS) is 16.1. The largest absolute Gasteiger partial charge is 0.390 e. The maximum atomic E-state index is 14.4. The van der Waals surface area contributed by atoms with E-state index in [9.17, 15) is 13.6 Å². The molecule has 0 radical (unpaired) electrons. The van der Waals surface area contributed by atoms with Crippen molar-refractivity contribution in [2.24, 2.45) is 5.16 Å². The van der Waals surface area contributed by atoms with E-state index < -0.39 is 6.10 Å². The average Bonchev–Trinajstić information content (AvgIpc) is 3.30. The molecule has 6 heteroatoms. The molecule has 0 bridgehead atoms. The van der Waals surface area contributed by atoms with E-state index >= 15 is 0 Å². The van der Waals surface area contributed by atoms with Gasteiger partial charge in [0, 0.05) is 24.1 Å². The maximum absolute atomic E-state index is 14.4. The first-order chi connectivity index (χ1) is 16.1. The van der Waals surface area contributed by atoms with Crippen LogP contribution in [-0.4, -0.2) is 29.2 Å². The third-order valence-corrected chi connectivity index (χ3v) is 5.88. The summed E-state index contributed by atoms with van der Waals surface area (Å²) < 4.78 is 28.6. The van der Waals surface area contributed by atoms with Crippen molar-refractivity contribution in [2.75, 3.05) is 6.54 Å². The van der Waals surface area contributed by atoms with Gasteiger partial charge in [0.2, 0.25) is 5.91 Å². The summed E-state index contributed by atoms with van der Waals surface area (Å²) in [7, 11) is 0. The van der Waals surface area contributed by atoms with Gasteiger partial charge in [-0.3, -0.25) is 4.79 Å². The molecule has 0 aliphatic carbocycles. The van der Waals surface area contributed by atoms with Crippen LogP contribution in [0.3, 0.4) is 0 Å². The molecule has 0 unspecified atom stereocenters. The van der Waals surface area contributed by atoms with E-state index in [0.29, 0.717) is 29.7 Å². The smallest absolute Gasteiger partial charge is 0.230 e. The summed E-state index contributed by atoms with van der Waals surface area (Å²) in [5.74, 6) is -1.19. The highest BCUT2D eigenvalue weighted by atomic mass is 19.1. The number of halogens is 2. The van der Waals surface area contributed by atoms with Gasteiger partial charge in [-0.05, 0) is 24.1 Å². The van der Waals surface area contributed by atoms with E-state index in [2.05, 4.69) is 5.16 Å². The molecule has 0 saturated carbocycles. The van der Waals surface area contributed by atoms with Crippen LogP contribution in [0.5, 0.6) is 0 Å². The third kappa shape index (κ3) is 5.28. The van der Waals surface area contributed by atoms with E-state index in [-0.39, 0.29) is 36.5 Å². The molecule has 33 heavy (non-hydrogen) atoms. The Kier molecular flexibility index (Phi) is 7.13. The van der Waals surface area contributed by atoms with Crippen molar-refractivity contribution >= 4 is 11.6 Å². The van der Waals surface area contributed by atoms with Gasteiger partial charge in [0.25, 0.3) is 0 Å².